The van der Waals surface area contributed by atoms with E-state index in [0.717, 1.165) is 24.7 Å². The number of hydrogen-bond acceptors (Lipinski definition) is 3. The topological polar surface area (TPSA) is 37.0 Å². The van der Waals surface area contributed by atoms with Gasteiger partial charge in [0.1, 0.15) is 5.82 Å². The van der Waals surface area contributed by atoms with Crippen molar-refractivity contribution in [1.29, 1.82) is 0 Å². The minimum atomic E-state index is 0.585. The number of pyridine rings is 1. The third-order valence-electron chi connectivity index (χ3n) is 3.04. The molecule has 1 fully saturated rings. The zero-order valence-corrected chi connectivity index (χ0v) is 10.2. The summed E-state index contributed by atoms with van der Waals surface area (Å²) < 4.78 is 0. The molecule has 88 valence electrons. The monoisotopic (exact) mass is 219 g/mol. The molecule has 0 radical (unpaired) electrons. The van der Waals surface area contributed by atoms with E-state index in [2.05, 4.69) is 35.5 Å². The summed E-state index contributed by atoms with van der Waals surface area (Å²) >= 11 is 0. The standard InChI is InChI=1S/C13H21N3/c1-3-7-14-13-9-12(6-8-15-13)16-10(2)11-4-5-11/h6,8-11H,3-5,7H2,1-2H3,(H2,14,15,16). The van der Waals surface area contributed by atoms with Gasteiger partial charge in [-0.3, -0.25) is 0 Å². The van der Waals surface area contributed by atoms with Crippen LogP contribution < -0.4 is 10.6 Å². The molecule has 1 aromatic rings. The van der Waals surface area contributed by atoms with Crippen molar-refractivity contribution in [3.63, 3.8) is 0 Å². The van der Waals surface area contributed by atoms with Crippen molar-refractivity contribution in [3.8, 4) is 0 Å². The van der Waals surface area contributed by atoms with Crippen molar-refractivity contribution < 1.29 is 0 Å². The lowest BCUT2D eigenvalue weighted by molar-refractivity contribution is 0.694. The van der Waals surface area contributed by atoms with Gasteiger partial charge in [0, 0.05) is 30.5 Å². The van der Waals surface area contributed by atoms with Crippen LogP contribution in [-0.2, 0) is 0 Å². The van der Waals surface area contributed by atoms with Gasteiger partial charge in [0.25, 0.3) is 0 Å². The summed E-state index contributed by atoms with van der Waals surface area (Å²) in [5, 5.41) is 6.84. The van der Waals surface area contributed by atoms with Crippen LogP contribution in [0.2, 0.25) is 0 Å². The average Bonchev–Trinajstić information content (AvgIpc) is 3.10. The van der Waals surface area contributed by atoms with Gasteiger partial charge in [0.05, 0.1) is 0 Å². The maximum absolute atomic E-state index is 4.29. The second-order valence-corrected chi connectivity index (χ2v) is 4.63. The highest BCUT2D eigenvalue weighted by molar-refractivity contribution is 5.52. The molecule has 2 rings (SSSR count). The summed E-state index contributed by atoms with van der Waals surface area (Å²) in [5.41, 5.74) is 1.17. The number of rotatable bonds is 6. The molecular weight excluding hydrogens is 198 g/mol. The molecule has 1 atom stereocenters. The van der Waals surface area contributed by atoms with E-state index in [0.29, 0.717) is 6.04 Å². The Balaban J connectivity index is 1.92. The van der Waals surface area contributed by atoms with E-state index in [1.54, 1.807) is 0 Å². The fourth-order valence-corrected chi connectivity index (χ4v) is 1.85. The molecule has 1 aliphatic rings. The van der Waals surface area contributed by atoms with Crippen LogP contribution in [0.25, 0.3) is 0 Å². The molecule has 0 aromatic carbocycles. The van der Waals surface area contributed by atoms with Crippen molar-refractivity contribution in [2.45, 2.75) is 39.2 Å². The van der Waals surface area contributed by atoms with Crippen LogP contribution in [0.1, 0.15) is 33.1 Å². The summed E-state index contributed by atoms with van der Waals surface area (Å²) in [5.74, 6) is 1.84. The van der Waals surface area contributed by atoms with Crippen LogP contribution in [0.4, 0.5) is 11.5 Å². The first-order chi connectivity index (χ1) is 7.79. The fraction of sp³-hybridized carbons (Fsp3) is 0.615. The summed E-state index contributed by atoms with van der Waals surface area (Å²) in [4.78, 5) is 4.29. The van der Waals surface area contributed by atoms with Crippen molar-refractivity contribution in [2.75, 3.05) is 17.2 Å². The van der Waals surface area contributed by atoms with Crippen LogP contribution in [0.3, 0.4) is 0 Å². The first-order valence-corrected chi connectivity index (χ1v) is 6.26. The fourth-order valence-electron chi connectivity index (χ4n) is 1.85. The highest BCUT2D eigenvalue weighted by Gasteiger charge is 2.27. The second kappa shape index (κ2) is 5.19. The maximum Gasteiger partial charge on any atom is 0.127 e. The Morgan fingerprint density at radius 2 is 2.31 bits per heavy atom. The lowest BCUT2D eigenvalue weighted by Crippen LogP contribution is -2.17. The Kier molecular flexibility index (Phi) is 3.65. The molecular formula is C13H21N3. The third kappa shape index (κ3) is 3.12. The predicted octanol–water partition coefficient (Wildman–Crippen LogP) is 3.11. The van der Waals surface area contributed by atoms with Gasteiger partial charge in [-0.15, -0.1) is 0 Å². The van der Waals surface area contributed by atoms with Crippen LogP contribution in [0.15, 0.2) is 18.3 Å². The SMILES string of the molecule is CCCNc1cc(NC(C)C2CC2)ccn1. The average molecular weight is 219 g/mol. The minimum Gasteiger partial charge on any atom is -0.382 e. The van der Waals surface area contributed by atoms with E-state index in [4.69, 9.17) is 0 Å². The molecule has 0 spiro atoms. The van der Waals surface area contributed by atoms with Gasteiger partial charge in [0.2, 0.25) is 0 Å². The van der Waals surface area contributed by atoms with Gasteiger partial charge in [-0.05, 0) is 38.2 Å². The van der Waals surface area contributed by atoms with Crippen LogP contribution in [0.5, 0.6) is 0 Å². The Morgan fingerprint density at radius 1 is 1.50 bits per heavy atom. The molecule has 2 N–H and O–H groups in total. The smallest absolute Gasteiger partial charge is 0.127 e. The van der Waals surface area contributed by atoms with Gasteiger partial charge < -0.3 is 10.6 Å². The van der Waals surface area contributed by atoms with Crippen molar-refractivity contribution in [3.05, 3.63) is 18.3 Å². The molecule has 1 heterocycles. The second-order valence-electron chi connectivity index (χ2n) is 4.63. The van der Waals surface area contributed by atoms with Gasteiger partial charge >= 0.3 is 0 Å². The summed E-state index contributed by atoms with van der Waals surface area (Å²) in [6.07, 6.45) is 5.73. The maximum atomic E-state index is 4.29. The van der Waals surface area contributed by atoms with E-state index in [1.165, 1.54) is 18.5 Å². The largest absolute Gasteiger partial charge is 0.382 e. The number of aromatic nitrogens is 1. The summed E-state index contributed by atoms with van der Waals surface area (Å²) in [7, 11) is 0. The van der Waals surface area contributed by atoms with E-state index in [-0.39, 0.29) is 0 Å². The van der Waals surface area contributed by atoms with E-state index >= 15 is 0 Å². The van der Waals surface area contributed by atoms with Crippen LogP contribution >= 0.6 is 0 Å². The first kappa shape index (κ1) is 11.2. The van der Waals surface area contributed by atoms with Crippen LogP contribution in [0, 0.1) is 5.92 Å². The Morgan fingerprint density at radius 3 is 3.00 bits per heavy atom. The normalized spacial score (nSPS) is 16.9. The molecule has 16 heavy (non-hydrogen) atoms. The summed E-state index contributed by atoms with van der Waals surface area (Å²) in [6, 6.07) is 4.71. The number of nitrogens with zero attached hydrogens (tertiary/aromatic N) is 1. The van der Waals surface area contributed by atoms with Gasteiger partial charge in [0.15, 0.2) is 0 Å². The van der Waals surface area contributed by atoms with Crippen molar-refractivity contribution in [1.82, 2.24) is 4.98 Å². The molecule has 0 amide bonds. The number of anilines is 2. The first-order valence-electron chi connectivity index (χ1n) is 6.26. The molecule has 1 unspecified atom stereocenters. The highest BCUT2D eigenvalue weighted by Crippen LogP contribution is 2.34. The van der Waals surface area contributed by atoms with Gasteiger partial charge in [-0.25, -0.2) is 4.98 Å². The molecule has 3 nitrogen and oxygen atoms in total. The van der Waals surface area contributed by atoms with Gasteiger partial charge in [-0.1, -0.05) is 6.92 Å². The Bertz CT molecular complexity index is 334. The Hall–Kier alpha value is -1.25. The lowest BCUT2D eigenvalue weighted by Gasteiger charge is -2.15. The van der Waals surface area contributed by atoms with E-state index in [1.807, 2.05) is 12.3 Å². The lowest BCUT2D eigenvalue weighted by atomic mass is 10.2. The molecule has 1 saturated carbocycles. The molecule has 1 aromatic heterocycles. The van der Waals surface area contributed by atoms with Gasteiger partial charge in [-0.2, -0.15) is 0 Å². The zero-order chi connectivity index (χ0) is 11.4. The predicted molar refractivity (Wildman–Crippen MR) is 68.8 cm³/mol. The Labute approximate surface area is 97.7 Å². The van der Waals surface area contributed by atoms with E-state index in [9.17, 15) is 0 Å². The molecule has 1 aliphatic carbocycles. The van der Waals surface area contributed by atoms with Crippen LogP contribution in [-0.4, -0.2) is 17.6 Å². The van der Waals surface area contributed by atoms with Crippen molar-refractivity contribution >= 4 is 11.5 Å². The molecule has 0 saturated heterocycles. The molecule has 3 heteroatoms. The molecule has 0 aliphatic heterocycles. The zero-order valence-electron chi connectivity index (χ0n) is 10.2. The summed E-state index contributed by atoms with van der Waals surface area (Å²) in [6.45, 7) is 5.40. The third-order valence-corrected chi connectivity index (χ3v) is 3.04. The number of hydrogen-bond donors (Lipinski definition) is 2. The quantitative estimate of drug-likeness (QED) is 0.772. The molecule has 0 bridgehead atoms. The van der Waals surface area contributed by atoms with Crippen molar-refractivity contribution in [2.24, 2.45) is 5.92 Å². The minimum absolute atomic E-state index is 0.585. The highest BCUT2D eigenvalue weighted by atomic mass is 15.0. The van der Waals surface area contributed by atoms with E-state index < -0.39 is 0 Å². The number of nitrogens with one attached hydrogen (secondary N) is 2.